The van der Waals surface area contributed by atoms with Crippen LogP contribution in [0.3, 0.4) is 0 Å². The van der Waals surface area contributed by atoms with Gasteiger partial charge in [0, 0.05) is 13.0 Å². The third-order valence-electron chi connectivity index (χ3n) is 4.71. The highest BCUT2D eigenvalue weighted by Gasteiger charge is 2.27. The Morgan fingerprint density at radius 3 is 2.43 bits per heavy atom. The summed E-state index contributed by atoms with van der Waals surface area (Å²) in [5.74, 6) is 0.290. The molecule has 0 saturated heterocycles. The number of amides is 2. The van der Waals surface area contributed by atoms with Crippen molar-refractivity contribution < 1.29 is 14.7 Å². The van der Waals surface area contributed by atoms with Gasteiger partial charge in [0.25, 0.3) is 0 Å². The van der Waals surface area contributed by atoms with Crippen molar-refractivity contribution in [3.63, 3.8) is 0 Å². The quantitative estimate of drug-likeness (QED) is 0.637. The lowest BCUT2D eigenvalue weighted by Gasteiger charge is -2.29. The second kappa shape index (κ2) is 8.37. The molecule has 0 spiro atoms. The molecule has 0 aromatic rings. The molecule has 2 unspecified atom stereocenters. The highest BCUT2D eigenvalue weighted by atomic mass is 16.3. The van der Waals surface area contributed by atoms with Crippen LogP contribution >= 0.6 is 0 Å². The molecule has 5 heteroatoms. The second-order valence-corrected chi connectivity index (χ2v) is 6.57. The van der Waals surface area contributed by atoms with Gasteiger partial charge in [-0.2, -0.15) is 0 Å². The van der Waals surface area contributed by atoms with Crippen LogP contribution in [0, 0.1) is 11.8 Å². The zero-order chi connectivity index (χ0) is 15.9. The van der Waals surface area contributed by atoms with Gasteiger partial charge < -0.3 is 15.7 Å². The SMILES string of the molecule is CCC(C)C(C)(O)CNC(=O)CNC(=O)CC1CCCC1. The molecular weight excluding hydrogens is 268 g/mol. The van der Waals surface area contributed by atoms with Gasteiger partial charge in [-0.3, -0.25) is 9.59 Å². The predicted molar refractivity (Wildman–Crippen MR) is 82.7 cm³/mol. The molecule has 1 fully saturated rings. The molecule has 0 bridgehead atoms. The molecule has 1 rings (SSSR count). The van der Waals surface area contributed by atoms with E-state index < -0.39 is 5.60 Å². The van der Waals surface area contributed by atoms with Gasteiger partial charge in [-0.25, -0.2) is 0 Å². The lowest BCUT2D eigenvalue weighted by molar-refractivity contribution is -0.127. The Kier molecular flexibility index (Phi) is 7.15. The number of hydrogen-bond donors (Lipinski definition) is 3. The molecular formula is C16H30N2O3. The largest absolute Gasteiger partial charge is 0.388 e. The van der Waals surface area contributed by atoms with E-state index in [0.29, 0.717) is 12.3 Å². The average Bonchev–Trinajstić information content (AvgIpc) is 2.94. The van der Waals surface area contributed by atoms with Crippen molar-refractivity contribution >= 4 is 11.8 Å². The van der Waals surface area contributed by atoms with Gasteiger partial charge in [-0.05, 0) is 31.6 Å². The molecule has 21 heavy (non-hydrogen) atoms. The van der Waals surface area contributed by atoms with E-state index in [2.05, 4.69) is 10.6 Å². The van der Waals surface area contributed by atoms with Crippen molar-refractivity contribution in [2.45, 2.75) is 64.9 Å². The highest BCUT2D eigenvalue weighted by molar-refractivity contribution is 5.84. The van der Waals surface area contributed by atoms with Crippen molar-refractivity contribution in [1.29, 1.82) is 0 Å². The minimum Gasteiger partial charge on any atom is -0.388 e. The summed E-state index contributed by atoms with van der Waals surface area (Å²) in [6, 6.07) is 0. The van der Waals surface area contributed by atoms with Gasteiger partial charge in [0.05, 0.1) is 12.1 Å². The molecule has 0 aromatic heterocycles. The van der Waals surface area contributed by atoms with Gasteiger partial charge in [-0.15, -0.1) is 0 Å². The van der Waals surface area contributed by atoms with Crippen LogP contribution in [0.4, 0.5) is 0 Å². The van der Waals surface area contributed by atoms with Crippen LogP contribution in [0.2, 0.25) is 0 Å². The van der Waals surface area contributed by atoms with Gasteiger partial charge in [0.15, 0.2) is 0 Å². The molecule has 2 atom stereocenters. The Labute approximate surface area is 127 Å². The van der Waals surface area contributed by atoms with Crippen molar-refractivity contribution in [2.75, 3.05) is 13.1 Å². The predicted octanol–water partition coefficient (Wildman–Crippen LogP) is 1.60. The summed E-state index contributed by atoms with van der Waals surface area (Å²) in [4.78, 5) is 23.4. The van der Waals surface area contributed by atoms with E-state index in [1.54, 1.807) is 6.92 Å². The number of hydrogen-bond acceptors (Lipinski definition) is 3. The third-order valence-corrected chi connectivity index (χ3v) is 4.71. The Hall–Kier alpha value is -1.10. The van der Waals surface area contributed by atoms with Gasteiger partial charge in [0.2, 0.25) is 11.8 Å². The van der Waals surface area contributed by atoms with E-state index in [1.807, 2.05) is 13.8 Å². The van der Waals surface area contributed by atoms with E-state index >= 15 is 0 Å². The normalized spacial score (nSPS) is 19.8. The molecule has 122 valence electrons. The van der Waals surface area contributed by atoms with E-state index in [-0.39, 0.29) is 30.8 Å². The summed E-state index contributed by atoms with van der Waals surface area (Å²) in [5.41, 5.74) is -0.918. The maximum atomic E-state index is 11.7. The van der Waals surface area contributed by atoms with Crippen LogP contribution in [0.15, 0.2) is 0 Å². The topological polar surface area (TPSA) is 78.4 Å². The Morgan fingerprint density at radius 2 is 1.86 bits per heavy atom. The lowest BCUT2D eigenvalue weighted by atomic mass is 9.89. The van der Waals surface area contributed by atoms with Crippen LogP contribution in [-0.2, 0) is 9.59 Å². The average molecular weight is 298 g/mol. The molecule has 0 aromatic carbocycles. The Morgan fingerprint density at radius 1 is 1.24 bits per heavy atom. The van der Waals surface area contributed by atoms with Crippen LogP contribution in [-0.4, -0.2) is 35.6 Å². The first-order valence-corrected chi connectivity index (χ1v) is 8.11. The maximum absolute atomic E-state index is 11.7. The molecule has 0 aliphatic heterocycles. The number of carbonyl (C=O) groups excluding carboxylic acids is 2. The summed E-state index contributed by atoms with van der Waals surface area (Å²) in [7, 11) is 0. The third kappa shape index (κ3) is 6.46. The summed E-state index contributed by atoms with van der Waals surface area (Å²) < 4.78 is 0. The maximum Gasteiger partial charge on any atom is 0.239 e. The van der Waals surface area contributed by atoms with E-state index in [0.717, 1.165) is 19.3 Å². The molecule has 1 saturated carbocycles. The van der Waals surface area contributed by atoms with Crippen LogP contribution in [0.5, 0.6) is 0 Å². The first kappa shape index (κ1) is 18.0. The summed E-state index contributed by atoms with van der Waals surface area (Å²) in [6.45, 7) is 5.88. The van der Waals surface area contributed by atoms with Crippen LogP contribution < -0.4 is 10.6 Å². The van der Waals surface area contributed by atoms with E-state index in [4.69, 9.17) is 0 Å². The zero-order valence-electron chi connectivity index (χ0n) is 13.6. The number of carbonyl (C=O) groups is 2. The van der Waals surface area contributed by atoms with Crippen molar-refractivity contribution in [3.8, 4) is 0 Å². The molecule has 1 aliphatic rings. The fraction of sp³-hybridized carbons (Fsp3) is 0.875. The second-order valence-electron chi connectivity index (χ2n) is 6.57. The zero-order valence-corrected chi connectivity index (χ0v) is 13.6. The Bertz CT molecular complexity index is 349. The monoisotopic (exact) mass is 298 g/mol. The smallest absolute Gasteiger partial charge is 0.239 e. The first-order valence-electron chi connectivity index (χ1n) is 8.11. The molecule has 5 nitrogen and oxygen atoms in total. The standard InChI is InChI=1S/C16H30N2O3/c1-4-12(2)16(3,21)11-18-15(20)10-17-14(19)9-13-7-5-6-8-13/h12-13,21H,4-11H2,1-3H3,(H,17,19)(H,18,20). The van der Waals surface area contributed by atoms with Gasteiger partial charge in [-0.1, -0.05) is 33.1 Å². The first-order chi connectivity index (χ1) is 9.85. The van der Waals surface area contributed by atoms with Crippen molar-refractivity contribution in [2.24, 2.45) is 11.8 Å². The minimum absolute atomic E-state index is 0.0118. The summed E-state index contributed by atoms with van der Waals surface area (Å²) >= 11 is 0. The molecule has 0 heterocycles. The molecule has 3 N–H and O–H groups in total. The van der Waals surface area contributed by atoms with E-state index in [1.165, 1.54) is 12.8 Å². The van der Waals surface area contributed by atoms with Gasteiger partial charge in [0.1, 0.15) is 0 Å². The van der Waals surface area contributed by atoms with E-state index in [9.17, 15) is 14.7 Å². The summed E-state index contributed by atoms with van der Waals surface area (Å²) in [6.07, 6.45) is 6.04. The fourth-order valence-corrected chi connectivity index (χ4v) is 2.68. The molecule has 0 radical (unpaired) electrons. The molecule has 1 aliphatic carbocycles. The molecule has 2 amide bonds. The number of rotatable bonds is 8. The number of aliphatic hydroxyl groups is 1. The summed E-state index contributed by atoms with van der Waals surface area (Å²) in [5, 5.41) is 15.5. The van der Waals surface area contributed by atoms with Crippen LogP contribution in [0.1, 0.15) is 59.3 Å². The highest BCUT2D eigenvalue weighted by Crippen LogP contribution is 2.27. The fourth-order valence-electron chi connectivity index (χ4n) is 2.68. The van der Waals surface area contributed by atoms with Crippen molar-refractivity contribution in [3.05, 3.63) is 0 Å². The van der Waals surface area contributed by atoms with Crippen molar-refractivity contribution in [1.82, 2.24) is 10.6 Å². The number of nitrogens with one attached hydrogen (secondary N) is 2. The lowest BCUT2D eigenvalue weighted by Crippen LogP contribution is -2.47. The van der Waals surface area contributed by atoms with Crippen LogP contribution in [0.25, 0.3) is 0 Å². The van der Waals surface area contributed by atoms with Gasteiger partial charge >= 0.3 is 0 Å². The minimum atomic E-state index is -0.918. The Balaban J connectivity index is 2.19.